The molecule has 0 saturated heterocycles. The minimum Gasteiger partial charge on any atom is -0.462 e. The van der Waals surface area contributed by atoms with Gasteiger partial charge in [-0.1, -0.05) is 11.6 Å². The van der Waals surface area contributed by atoms with Crippen molar-refractivity contribution in [2.75, 3.05) is 5.32 Å². The molecule has 112 valence electrons. The number of halogens is 2. The SMILES string of the molecule is O=C(Cc1csc(-c2ccco2)n1)Nc1ccc(F)cc1Cl. The fourth-order valence-corrected chi connectivity index (χ4v) is 2.85. The molecule has 4 nitrogen and oxygen atoms in total. The number of nitrogens with one attached hydrogen (secondary N) is 1. The van der Waals surface area contributed by atoms with Gasteiger partial charge in [-0.2, -0.15) is 0 Å². The molecule has 0 bridgehead atoms. The Morgan fingerprint density at radius 1 is 1.41 bits per heavy atom. The van der Waals surface area contributed by atoms with Crippen molar-refractivity contribution >= 4 is 34.5 Å². The fraction of sp³-hybridized carbons (Fsp3) is 0.0667. The number of aromatic nitrogens is 1. The summed E-state index contributed by atoms with van der Waals surface area (Å²) in [5, 5.41) is 5.30. The van der Waals surface area contributed by atoms with Crippen LogP contribution in [0.2, 0.25) is 5.02 Å². The van der Waals surface area contributed by atoms with Gasteiger partial charge in [-0.15, -0.1) is 11.3 Å². The van der Waals surface area contributed by atoms with Crippen molar-refractivity contribution in [3.05, 3.63) is 58.5 Å². The van der Waals surface area contributed by atoms with Crippen LogP contribution in [-0.4, -0.2) is 10.9 Å². The zero-order valence-electron chi connectivity index (χ0n) is 11.2. The van der Waals surface area contributed by atoms with Crippen molar-refractivity contribution in [2.45, 2.75) is 6.42 Å². The van der Waals surface area contributed by atoms with Gasteiger partial charge in [0.05, 0.1) is 29.1 Å². The first kappa shape index (κ1) is 14.7. The third-order valence-electron chi connectivity index (χ3n) is 2.83. The first-order valence-corrected chi connectivity index (χ1v) is 7.61. The largest absolute Gasteiger partial charge is 0.462 e. The van der Waals surface area contributed by atoms with Crippen molar-refractivity contribution in [2.24, 2.45) is 0 Å². The molecule has 0 spiro atoms. The number of carbonyl (C=O) groups is 1. The van der Waals surface area contributed by atoms with Crippen molar-refractivity contribution in [3.63, 3.8) is 0 Å². The van der Waals surface area contributed by atoms with Gasteiger partial charge in [-0.05, 0) is 30.3 Å². The Kier molecular flexibility index (Phi) is 4.22. The first-order chi connectivity index (χ1) is 10.6. The second-order valence-electron chi connectivity index (χ2n) is 4.47. The van der Waals surface area contributed by atoms with E-state index in [0.29, 0.717) is 22.1 Å². The Labute approximate surface area is 134 Å². The maximum Gasteiger partial charge on any atom is 0.230 e. The average molecular weight is 337 g/mol. The summed E-state index contributed by atoms with van der Waals surface area (Å²) in [5.41, 5.74) is 1.00. The van der Waals surface area contributed by atoms with E-state index in [4.69, 9.17) is 16.0 Å². The molecule has 0 atom stereocenters. The minimum atomic E-state index is -0.453. The van der Waals surface area contributed by atoms with E-state index in [0.717, 1.165) is 6.07 Å². The van der Waals surface area contributed by atoms with Gasteiger partial charge in [0.1, 0.15) is 5.82 Å². The number of anilines is 1. The van der Waals surface area contributed by atoms with Gasteiger partial charge < -0.3 is 9.73 Å². The molecule has 0 fully saturated rings. The van der Waals surface area contributed by atoms with E-state index in [1.54, 1.807) is 23.8 Å². The molecule has 3 rings (SSSR count). The maximum absolute atomic E-state index is 13.0. The van der Waals surface area contributed by atoms with E-state index in [2.05, 4.69) is 10.3 Å². The van der Waals surface area contributed by atoms with Crippen LogP contribution >= 0.6 is 22.9 Å². The summed E-state index contributed by atoms with van der Waals surface area (Å²) in [4.78, 5) is 16.3. The van der Waals surface area contributed by atoms with Crippen molar-refractivity contribution in [3.8, 4) is 10.8 Å². The summed E-state index contributed by atoms with van der Waals surface area (Å²) in [7, 11) is 0. The number of hydrogen-bond acceptors (Lipinski definition) is 4. The smallest absolute Gasteiger partial charge is 0.230 e. The lowest BCUT2D eigenvalue weighted by atomic mass is 10.2. The molecule has 0 aliphatic carbocycles. The number of benzene rings is 1. The number of rotatable bonds is 4. The number of furan rings is 1. The summed E-state index contributed by atoms with van der Waals surface area (Å²) in [6.45, 7) is 0. The molecule has 2 aromatic heterocycles. The number of thiazole rings is 1. The average Bonchev–Trinajstić information content (AvgIpc) is 3.12. The number of amides is 1. The van der Waals surface area contributed by atoms with Gasteiger partial charge in [0.15, 0.2) is 10.8 Å². The summed E-state index contributed by atoms with van der Waals surface area (Å²) >= 11 is 7.27. The van der Waals surface area contributed by atoms with Crippen LogP contribution in [0.5, 0.6) is 0 Å². The van der Waals surface area contributed by atoms with Gasteiger partial charge in [0, 0.05) is 5.38 Å². The predicted molar refractivity (Wildman–Crippen MR) is 83.6 cm³/mol. The van der Waals surface area contributed by atoms with Crippen LogP contribution in [-0.2, 0) is 11.2 Å². The second-order valence-corrected chi connectivity index (χ2v) is 5.74. The summed E-state index contributed by atoms with van der Waals surface area (Å²) in [6.07, 6.45) is 1.67. The molecular weight excluding hydrogens is 327 g/mol. The molecule has 1 amide bonds. The van der Waals surface area contributed by atoms with Crippen LogP contribution in [0.15, 0.2) is 46.4 Å². The third-order valence-corrected chi connectivity index (χ3v) is 4.05. The van der Waals surface area contributed by atoms with Crippen molar-refractivity contribution in [1.82, 2.24) is 4.98 Å². The van der Waals surface area contributed by atoms with Crippen molar-refractivity contribution in [1.29, 1.82) is 0 Å². The van der Waals surface area contributed by atoms with Gasteiger partial charge >= 0.3 is 0 Å². The Hall–Kier alpha value is -2.18. The zero-order valence-corrected chi connectivity index (χ0v) is 12.7. The molecule has 3 aromatic rings. The topological polar surface area (TPSA) is 55.1 Å². The van der Waals surface area contributed by atoms with Gasteiger partial charge in [-0.3, -0.25) is 4.79 Å². The predicted octanol–water partition coefficient (Wildman–Crippen LogP) is 4.38. The summed E-state index contributed by atoms with van der Waals surface area (Å²) in [5.74, 6) is -0.0615. The van der Waals surface area contributed by atoms with E-state index in [1.165, 1.54) is 23.5 Å². The quantitative estimate of drug-likeness (QED) is 0.769. The monoisotopic (exact) mass is 336 g/mol. The fourth-order valence-electron chi connectivity index (χ4n) is 1.85. The Balaban J connectivity index is 1.67. The molecule has 0 radical (unpaired) electrons. The van der Waals surface area contributed by atoms with Crippen LogP contribution in [0, 0.1) is 5.82 Å². The second kappa shape index (κ2) is 6.29. The Bertz CT molecular complexity index is 802. The van der Waals surface area contributed by atoms with E-state index in [-0.39, 0.29) is 17.4 Å². The van der Waals surface area contributed by atoms with E-state index in [9.17, 15) is 9.18 Å². The molecule has 0 saturated carbocycles. The van der Waals surface area contributed by atoms with Gasteiger partial charge in [0.2, 0.25) is 5.91 Å². The molecule has 1 N–H and O–H groups in total. The highest BCUT2D eigenvalue weighted by atomic mass is 35.5. The highest BCUT2D eigenvalue weighted by Gasteiger charge is 2.12. The van der Waals surface area contributed by atoms with Crippen LogP contribution in [0.4, 0.5) is 10.1 Å². The number of carbonyl (C=O) groups excluding carboxylic acids is 1. The maximum atomic E-state index is 13.0. The van der Waals surface area contributed by atoms with E-state index >= 15 is 0 Å². The highest BCUT2D eigenvalue weighted by Crippen LogP contribution is 2.25. The molecule has 22 heavy (non-hydrogen) atoms. The molecule has 2 heterocycles. The standard InChI is InChI=1S/C15H10ClFN2O2S/c16-11-6-9(17)3-4-12(11)19-14(20)7-10-8-22-15(18-10)13-2-1-5-21-13/h1-6,8H,7H2,(H,19,20). The molecule has 0 unspecified atom stereocenters. The zero-order chi connectivity index (χ0) is 15.5. The molecule has 0 aliphatic rings. The minimum absolute atomic E-state index is 0.102. The normalized spacial score (nSPS) is 10.6. The summed E-state index contributed by atoms with van der Waals surface area (Å²) in [6, 6.07) is 7.39. The summed E-state index contributed by atoms with van der Waals surface area (Å²) < 4.78 is 18.2. The number of hydrogen-bond donors (Lipinski definition) is 1. The number of nitrogens with zero attached hydrogens (tertiary/aromatic N) is 1. The van der Waals surface area contributed by atoms with E-state index in [1.807, 2.05) is 0 Å². The molecular formula is C15H10ClFN2O2S. The third kappa shape index (κ3) is 3.35. The Morgan fingerprint density at radius 2 is 2.27 bits per heavy atom. The van der Waals surface area contributed by atoms with Gasteiger partial charge in [0.25, 0.3) is 0 Å². The molecule has 0 aliphatic heterocycles. The van der Waals surface area contributed by atoms with Gasteiger partial charge in [-0.25, -0.2) is 9.37 Å². The van der Waals surface area contributed by atoms with Crippen LogP contribution in [0.25, 0.3) is 10.8 Å². The highest BCUT2D eigenvalue weighted by molar-refractivity contribution is 7.13. The lowest BCUT2D eigenvalue weighted by Crippen LogP contribution is -2.14. The van der Waals surface area contributed by atoms with Crippen LogP contribution in [0.3, 0.4) is 0 Å². The first-order valence-electron chi connectivity index (χ1n) is 6.35. The van der Waals surface area contributed by atoms with Crippen LogP contribution in [0.1, 0.15) is 5.69 Å². The molecule has 7 heteroatoms. The molecule has 1 aromatic carbocycles. The lowest BCUT2D eigenvalue weighted by molar-refractivity contribution is -0.115. The lowest BCUT2D eigenvalue weighted by Gasteiger charge is -2.06. The van der Waals surface area contributed by atoms with E-state index < -0.39 is 5.82 Å². The van der Waals surface area contributed by atoms with Crippen LogP contribution < -0.4 is 5.32 Å². The van der Waals surface area contributed by atoms with Crippen molar-refractivity contribution < 1.29 is 13.6 Å². The Morgan fingerprint density at radius 3 is 3.00 bits per heavy atom.